The van der Waals surface area contributed by atoms with Crippen LogP contribution in [-0.2, 0) is 16.6 Å². The number of rotatable bonds is 5. The van der Waals surface area contributed by atoms with Crippen LogP contribution in [-0.4, -0.2) is 40.5 Å². The Morgan fingerprint density at radius 3 is 2.60 bits per heavy atom. The Labute approximate surface area is 143 Å². The molecule has 0 bridgehead atoms. The van der Waals surface area contributed by atoms with Gasteiger partial charge in [-0.25, -0.2) is 14.2 Å². The standard InChI is InChI=1S/C16H17FN4O4/c1-9(16(24)25-3)19-14(22)11-5-4-10(17)6-12(11)20-15(23)13-7-18-8-21(13)2/h4-9H,1-3H3,(H,19,22)(H,20,23). The third-order valence-corrected chi connectivity index (χ3v) is 3.43. The van der Waals surface area contributed by atoms with E-state index in [9.17, 15) is 18.8 Å². The summed E-state index contributed by atoms with van der Waals surface area (Å²) in [6.45, 7) is 1.45. The molecular formula is C16H17FN4O4. The number of hydrogen-bond acceptors (Lipinski definition) is 5. The Kier molecular flexibility index (Phi) is 5.48. The van der Waals surface area contributed by atoms with Crippen molar-refractivity contribution in [2.45, 2.75) is 13.0 Å². The summed E-state index contributed by atoms with van der Waals surface area (Å²) < 4.78 is 19.6. The Morgan fingerprint density at radius 2 is 2.00 bits per heavy atom. The second-order valence-corrected chi connectivity index (χ2v) is 5.25. The number of nitrogens with zero attached hydrogens (tertiary/aromatic N) is 2. The fourth-order valence-corrected chi connectivity index (χ4v) is 2.09. The number of amides is 2. The second-order valence-electron chi connectivity index (χ2n) is 5.25. The van der Waals surface area contributed by atoms with E-state index in [1.165, 1.54) is 37.2 Å². The van der Waals surface area contributed by atoms with E-state index in [1.807, 2.05) is 0 Å². The van der Waals surface area contributed by atoms with Crippen LogP contribution in [0.3, 0.4) is 0 Å². The highest BCUT2D eigenvalue weighted by Crippen LogP contribution is 2.18. The fourth-order valence-electron chi connectivity index (χ4n) is 2.09. The summed E-state index contributed by atoms with van der Waals surface area (Å²) in [5.74, 6) is -2.47. The molecule has 2 rings (SSSR count). The van der Waals surface area contributed by atoms with Gasteiger partial charge in [0, 0.05) is 7.05 Å². The summed E-state index contributed by atoms with van der Waals surface area (Å²) in [6.07, 6.45) is 2.78. The summed E-state index contributed by atoms with van der Waals surface area (Å²) in [5.41, 5.74) is 0.215. The summed E-state index contributed by atoms with van der Waals surface area (Å²) >= 11 is 0. The molecule has 0 aliphatic rings. The zero-order chi connectivity index (χ0) is 18.6. The molecule has 1 heterocycles. The molecule has 0 saturated heterocycles. The topological polar surface area (TPSA) is 102 Å². The first-order valence-electron chi connectivity index (χ1n) is 7.29. The van der Waals surface area contributed by atoms with Crippen LogP contribution in [0.15, 0.2) is 30.7 Å². The van der Waals surface area contributed by atoms with Crippen LogP contribution in [0.1, 0.15) is 27.8 Å². The van der Waals surface area contributed by atoms with Crippen molar-refractivity contribution in [3.05, 3.63) is 47.8 Å². The Hall–Kier alpha value is -3.23. The summed E-state index contributed by atoms with van der Waals surface area (Å²) in [7, 11) is 2.82. The molecule has 0 aliphatic heterocycles. The Balaban J connectivity index is 2.25. The maximum absolute atomic E-state index is 13.6. The molecule has 2 amide bonds. The van der Waals surface area contributed by atoms with E-state index in [1.54, 1.807) is 7.05 Å². The van der Waals surface area contributed by atoms with Crippen LogP contribution in [0.25, 0.3) is 0 Å². The van der Waals surface area contributed by atoms with Gasteiger partial charge in [0.2, 0.25) is 0 Å². The molecule has 0 spiro atoms. The van der Waals surface area contributed by atoms with Gasteiger partial charge in [0.05, 0.1) is 30.9 Å². The van der Waals surface area contributed by atoms with Crippen molar-refractivity contribution >= 4 is 23.5 Å². The van der Waals surface area contributed by atoms with Crippen molar-refractivity contribution in [3.63, 3.8) is 0 Å². The molecule has 25 heavy (non-hydrogen) atoms. The van der Waals surface area contributed by atoms with Gasteiger partial charge in [0.25, 0.3) is 11.8 Å². The van der Waals surface area contributed by atoms with Crippen LogP contribution in [0.4, 0.5) is 10.1 Å². The van der Waals surface area contributed by atoms with E-state index in [2.05, 4.69) is 20.4 Å². The molecule has 1 atom stereocenters. The smallest absolute Gasteiger partial charge is 0.328 e. The van der Waals surface area contributed by atoms with Crippen LogP contribution < -0.4 is 10.6 Å². The number of methoxy groups -OCH3 is 1. The van der Waals surface area contributed by atoms with E-state index in [4.69, 9.17) is 0 Å². The molecule has 9 heteroatoms. The van der Waals surface area contributed by atoms with Crippen molar-refractivity contribution in [2.24, 2.45) is 7.05 Å². The van der Waals surface area contributed by atoms with Crippen molar-refractivity contribution in [1.82, 2.24) is 14.9 Å². The highest BCUT2D eigenvalue weighted by molar-refractivity contribution is 6.08. The van der Waals surface area contributed by atoms with Gasteiger partial charge in [0.15, 0.2) is 0 Å². The van der Waals surface area contributed by atoms with Crippen LogP contribution in [0.5, 0.6) is 0 Å². The minimum atomic E-state index is -0.900. The molecule has 0 saturated carbocycles. The van der Waals surface area contributed by atoms with Gasteiger partial charge in [-0.2, -0.15) is 0 Å². The number of nitrogens with one attached hydrogen (secondary N) is 2. The zero-order valence-electron chi connectivity index (χ0n) is 13.9. The number of esters is 1. The van der Waals surface area contributed by atoms with Gasteiger partial charge in [-0.3, -0.25) is 9.59 Å². The third-order valence-electron chi connectivity index (χ3n) is 3.43. The van der Waals surface area contributed by atoms with E-state index in [-0.39, 0.29) is 16.9 Å². The second kappa shape index (κ2) is 7.56. The van der Waals surface area contributed by atoms with E-state index in [0.29, 0.717) is 0 Å². The maximum atomic E-state index is 13.6. The molecule has 2 aromatic rings. The van der Waals surface area contributed by atoms with Gasteiger partial charge in [-0.1, -0.05) is 0 Å². The summed E-state index contributed by atoms with van der Waals surface area (Å²) in [5, 5.41) is 4.90. The van der Waals surface area contributed by atoms with E-state index >= 15 is 0 Å². The molecule has 132 valence electrons. The van der Waals surface area contributed by atoms with Crippen molar-refractivity contribution < 1.29 is 23.5 Å². The minimum absolute atomic E-state index is 0.00710. The molecule has 0 fully saturated rings. The van der Waals surface area contributed by atoms with Crippen molar-refractivity contribution in [3.8, 4) is 0 Å². The van der Waals surface area contributed by atoms with E-state index in [0.717, 1.165) is 12.1 Å². The first-order chi connectivity index (χ1) is 11.8. The monoisotopic (exact) mass is 348 g/mol. The molecule has 1 aromatic carbocycles. The lowest BCUT2D eigenvalue weighted by Gasteiger charge is -2.14. The van der Waals surface area contributed by atoms with Gasteiger partial charge in [-0.05, 0) is 25.1 Å². The first kappa shape index (κ1) is 18.1. The Morgan fingerprint density at radius 1 is 1.28 bits per heavy atom. The normalized spacial score (nSPS) is 11.5. The summed E-state index contributed by atoms with van der Waals surface area (Å²) in [4.78, 5) is 39.8. The number of aromatic nitrogens is 2. The molecule has 2 N–H and O–H groups in total. The SMILES string of the molecule is COC(=O)C(C)NC(=O)c1ccc(F)cc1NC(=O)c1cncn1C. The minimum Gasteiger partial charge on any atom is -0.467 e. The maximum Gasteiger partial charge on any atom is 0.328 e. The summed E-state index contributed by atoms with van der Waals surface area (Å²) in [6, 6.07) is 2.42. The molecule has 8 nitrogen and oxygen atoms in total. The number of imidazole rings is 1. The number of anilines is 1. The predicted octanol–water partition coefficient (Wildman–Crippen LogP) is 1.10. The number of carbonyl (C=O) groups is 3. The van der Waals surface area contributed by atoms with Gasteiger partial charge in [-0.15, -0.1) is 0 Å². The fraction of sp³-hybridized carbons (Fsp3) is 0.250. The molecular weight excluding hydrogens is 331 g/mol. The van der Waals surface area contributed by atoms with Crippen molar-refractivity contribution in [1.29, 1.82) is 0 Å². The predicted molar refractivity (Wildman–Crippen MR) is 86.5 cm³/mol. The number of carbonyl (C=O) groups excluding carboxylic acids is 3. The van der Waals surface area contributed by atoms with Crippen molar-refractivity contribution in [2.75, 3.05) is 12.4 Å². The molecule has 1 aromatic heterocycles. The average molecular weight is 348 g/mol. The number of halogens is 1. The number of hydrogen-bond donors (Lipinski definition) is 2. The lowest BCUT2D eigenvalue weighted by molar-refractivity contribution is -0.142. The van der Waals surface area contributed by atoms with Gasteiger partial charge < -0.3 is 19.9 Å². The van der Waals surface area contributed by atoms with Crippen LogP contribution >= 0.6 is 0 Å². The number of benzene rings is 1. The van der Waals surface area contributed by atoms with Gasteiger partial charge in [0.1, 0.15) is 17.6 Å². The highest BCUT2D eigenvalue weighted by Gasteiger charge is 2.21. The third kappa shape index (κ3) is 4.19. The first-order valence-corrected chi connectivity index (χ1v) is 7.29. The van der Waals surface area contributed by atoms with Crippen LogP contribution in [0.2, 0.25) is 0 Å². The van der Waals surface area contributed by atoms with Crippen LogP contribution in [0, 0.1) is 5.82 Å². The number of ether oxygens (including phenoxy) is 1. The van der Waals surface area contributed by atoms with E-state index < -0.39 is 29.6 Å². The quantitative estimate of drug-likeness (QED) is 0.788. The molecule has 1 unspecified atom stereocenters. The Bertz CT molecular complexity index is 818. The number of aryl methyl sites for hydroxylation is 1. The average Bonchev–Trinajstić information content (AvgIpc) is 3.00. The lowest BCUT2D eigenvalue weighted by atomic mass is 10.1. The largest absolute Gasteiger partial charge is 0.467 e. The highest BCUT2D eigenvalue weighted by atomic mass is 19.1. The zero-order valence-corrected chi connectivity index (χ0v) is 13.9. The lowest BCUT2D eigenvalue weighted by Crippen LogP contribution is -2.39. The van der Waals surface area contributed by atoms with Gasteiger partial charge >= 0.3 is 5.97 Å². The molecule has 0 radical (unpaired) electrons. The molecule has 0 aliphatic carbocycles.